The van der Waals surface area contributed by atoms with E-state index in [9.17, 15) is 13.2 Å². The molecule has 1 amide bonds. The molecule has 1 saturated heterocycles. The molecule has 1 heterocycles. The molecule has 6 heteroatoms. The van der Waals surface area contributed by atoms with Gasteiger partial charge in [-0.05, 0) is 6.92 Å². The number of carbonyl (C=O) groups is 1. The van der Waals surface area contributed by atoms with Crippen LogP contribution in [-0.2, 0) is 14.8 Å². The second kappa shape index (κ2) is 6.20. The molecule has 0 aliphatic carbocycles. The number of sulfonamides is 1. The number of hydrogen-bond acceptors (Lipinski definition) is 3. The van der Waals surface area contributed by atoms with Gasteiger partial charge in [-0.25, -0.2) is 8.42 Å². The summed E-state index contributed by atoms with van der Waals surface area (Å²) >= 11 is 0. The van der Waals surface area contributed by atoms with E-state index in [1.54, 1.807) is 4.90 Å². The average molecular weight is 250 g/mol. The van der Waals surface area contributed by atoms with E-state index in [1.807, 2.05) is 20.8 Å². The van der Waals surface area contributed by atoms with E-state index in [-0.39, 0.29) is 11.9 Å². The minimum Gasteiger partial charge on any atom is -0.338 e. The zero-order chi connectivity index (χ0) is 12.9. The third-order valence-corrected chi connectivity index (χ3v) is 3.73. The van der Waals surface area contributed by atoms with Gasteiger partial charge in [0.2, 0.25) is 15.9 Å². The first kappa shape index (κ1) is 15.4. The molecule has 16 heavy (non-hydrogen) atoms. The predicted octanol–water partition coefficient (Wildman–Crippen LogP) is 0.525. The number of rotatable bonds is 1. The molecule has 0 saturated carbocycles. The van der Waals surface area contributed by atoms with Gasteiger partial charge < -0.3 is 4.90 Å². The van der Waals surface area contributed by atoms with Crippen molar-refractivity contribution < 1.29 is 13.2 Å². The molecule has 0 N–H and O–H groups in total. The maximum Gasteiger partial charge on any atom is 0.219 e. The third-order valence-electron chi connectivity index (χ3n) is 2.46. The van der Waals surface area contributed by atoms with E-state index in [4.69, 9.17) is 0 Å². The lowest BCUT2D eigenvalue weighted by Crippen LogP contribution is -2.54. The van der Waals surface area contributed by atoms with Crippen LogP contribution in [0.1, 0.15) is 27.7 Å². The van der Waals surface area contributed by atoms with Crippen LogP contribution < -0.4 is 0 Å². The van der Waals surface area contributed by atoms with E-state index in [1.165, 1.54) is 17.5 Å². The largest absolute Gasteiger partial charge is 0.338 e. The Kier molecular flexibility index (Phi) is 5.96. The van der Waals surface area contributed by atoms with Crippen LogP contribution in [0, 0.1) is 0 Å². The van der Waals surface area contributed by atoms with Crippen molar-refractivity contribution in [2.45, 2.75) is 33.7 Å². The minimum atomic E-state index is -3.11. The molecule has 0 aromatic carbocycles. The lowest BCUT2D eigenvalue weighted by molar-refractivity contribution is -0.132. The smallest absolute Gasteiger partial charge is 0.219 e. The summed E-state index contributed by atoms with van der Waals surface area (Å²) in [6.45, 7) is 8.66. The molecular formula is C10H22N2O3S. The standard InChI is InChI=1S/C8H16N2O3S.C2H6/c1-7-6-9(14(3,12)13)4-5-10(7)8(2)11;1-2/h7H,4-6H2,1-3H3;1-2H3. The molecule has 1 aliphatic heterocycles. The summed E-state index contributed by atoms with van der Waals surface area (Å²) in [5.41, 5.74) is 0. The van der Waals surface area contributed by atoms with E-state index in [0.29, 0.717) is 19.6 Å². The van der Waals surface area contributed by atoms with Gasteiger partial charge in [0.25, 0.3) is 0 Å². The van der Waals surface area contributed by atoms with Gasteiger partial charge in [-0.1, -0.05) is 13.8 Å². The first-order valence-corrected chi connectivity index (χ1v) is 7.39. The van der Waals surface area contributed by atoms with Crippen molar-refractivity contribution in [2.75, 3.05) is 25.9 Å². The van der Waals surface area contributed by atoms with Crippen molar-refractivity contribution in [2.24, 2.45) is 0 Å². The summed E-state index contributed by atoms with van der Waals surface area (Å²) in [4.78, 5) is 12.8. The highest BCUT2D eigenvalue weighted by atomic mass is 32.2. The molecule has 1 atom stereocenters. The number of amides is 1. The Hall–Kier alpha value is -0.620. The summed E-state index contributed by atoms with van der Waals surface area (Å²) in [7, 11) is -3.11. The number of piperazine rings is 1. The number of nitrogens with zero attached hydrogens (tertiary/aromatic N) is 2. The van der Waals surface area contributed by atoms with Crippen molar-refractivity contribution in [3.05, 3.63) is 0 Å². The molecule has 1 fully saturated rings. The van der Waals surface area contributed by atoms with Gasteiger partial charge in [0.15, 0.2) is 0 Å². The fourth-order valence-corrected chi connectivity index (χ4v) is 2.59. The van der Waals surface area contributed by atoms with Crippen molar-refractivity contribution >= 4 is 15.9 Å². The zero-order valence-electron chi connectivity index (χ0n) is 10.7. The van der Waals surface area contributed by atoms with Crippen molar-refractivity contribution in [3.63, 3.8) is 0 Å². The van der Waals surface area contributed by atoms with Gasteiger partial charge in [-0.15, -0.1) is 0 Å². The van der Waals surface area contributed by atoms with Crippen LogP contribution >= 0.6 is 0 Å². The molecule has 0 bridgehead atoms. The van der Waals surface area contributed by atoms with Crippen LogP contribution in [0.4, 0.5) is 0 Å². The Morgan fingerprint density at radius 1 is 1.25 bits per heavy atom. The SMILES string of the molecule is CC.CC(=O)N1CCN(S(C)(=O)=O)CC1C. The van der Waals surface area contributed by atoms with Gasteiger partial charge in [0.05, 0.1) is 6.26 Å². The van der Waals surface area contributed by atoms with Gasteiger partial charge >= 0.3 is 0 Å². The minimum absolute atomic E-state index is 0.00523. The second-order valence-electron chi connectivity index (χ2n) is 3.68. The average Bonchev–Trinajstić information content (AvgIpc) is 2.18. The normalized spacial score (nSPS) is 22.3. The third kappa shape index (κ3) is 4.09. The molecule has 0 aromatic rings. The topological polar surface area (TPSA) is 57.7 Å². The Bertz CT molecular complexity index is 327. The summed E-state index contributed by atoms with van der Waals surface area (Å²) < 4.78 is 23.9. The van der Waals surface area contributed by atoms with Crippen molar-refractivity contribution in [1.82, 2.24) is 9.21 Å². The van der Waals surface area contributed by atoms with E-state index in [2.05, 4.69) is 0 Å². The maximum atomic E-state index is 11.2. The van der Waals surface area contributed by atoms with Crippen LogP contribution in [0.25, 0.3) is 0 Å². The fourth-order valence-electron chi connectivity index (χ4n) is 1.69. The highest BCUT2D eigenvalue weighted by Crippen LogP contribution is 2.12. The lowest BCUT2D eigenvalue weighted by atomic mass is 10.2. The Morgan fingerprint density at radius 3 is 2.06 bits per heavy atom. The first-order chi connectivity index (χ1) is 7.32. The van der Waals surface area contributed by atoms with Gasteiger partial charge in [0.1, 0.15) is 0 Å². The van der Waals surface area contributed by atoms with Gasteiger partial charge in [-0.2, -0.15) is 4.31 Å². The molecule has 0 spiro atoms. The summed E-state index contributed by atoms with van der Waals surface area (Å²) in [5.74, 6) is 0.00523. The molecule has 96 valence electrons. The number of carbonyl (C=O) groups excluding carboxylic acids is 1. The van der Waals surface area contributed by atoms with Crippen LogP contribution in [-0.4, -0.2) is 55.5 Å². The molecule has 1 aliphatic rings. The number of hydrogen-bond donors (Lipinski definition) is 0. The Balaban J connectivity index is 0.00000106. The molecule has 0 radical (unpaired) electrons. The van der Waals surface area contributed by atoms with E-state index < -0.39 is 10.0 Å². The first-order valence-electron chi connectivity index (χ1n) is 5.54. The Labute approximate surface area is 98.5 Å². The fraction of sp³-hybridized carbons (Fsp3) is 0.900. The van der Waals surface area contributed by atoms with Gasteiger partial charge in [0, 0.05) is 32.6 Å². The maximum absolute atomic E-state index is 11.2. The van der Waals surface area contributed by atoms with Crippen LogP contribution in [0.2, 0.25) is 0 Å². The molecule has 0 aromatic heterocycles. The van der Waals surface area contributed by atoms with Crippen LogP contribution in [0.15, 0.2) is 0 Å². The van der Waals surface area contributed by atoms with Gasteiger partial charge in [-0.3, -0.25) is 4.79 Å². The highest BCUT2D eigenvalue weighted by molar-refractivity contribution is 7.88. The van der Waals surface area contributed by atoms with Crippen molar-refractivity contribution in [3.8, 4) is 0 Å². The predicted molar refractivity (Wildman–Crippen MR) is 64.6 cm³/mol. The summed E-state index contributed by atoms with van der Waals surface area (Å²) in [6, 6.07) is -0.0315. The molecular weight excluding hydrogens is 228 g/mol. The highest BCUT2D eigenvalue weighted by Gasteiger charge is 2.29. The van der Waals surface area contributed by atoms with Crippen LogP contribution in [0.3, 0.4) is 0 Å². The van der Waals surface area contributed by atoms with E-state index >= 15 is 0 Å². The van der Waals surface area contributed by atoms with Crippen LogP contribution in [0.5, 0.6) is 0 Å². The second-order valence-corrected chi connectivity index (χ2v) is 5.66. The molecule has 1 rings (SSSR count). The monoisotopic (exact) mass is 250 g/mol. The van der Waals surface area contributed by atoms with Crippen molar-refractivity contribution in [1.29, 1.82) is 0 Å². The molecule has 1 unspecified atom stereocenters. The Morgan fingerprint density at radius 2 is 1.75 bits per heavy atom. The quantitative estimate of drug-likeness (QED) is 0.682. The zero-order valence-corrected chi connectivity index (χ0v) is 11.5. The lowest BCUT2D eigenvalue weighted by Gasteiger charge is -2.38. The summed E-state index contributed by atoms with van der Waals surface area (Å²) in [6.07, 6.45) is 1.20. The molecule has 5 nitrogen and oxygen atoms in total. The van der Waals surface area contributed by atoms with E-state index in [0.717, 1.165) is 0 Å². The summed E-state index contributed by atoms with van der Waals surface area (Å²) in [5, 5.41) is 0.